The minimum absolute atomic E-state index is 0.131. The minimum atomic E-state index is -0.131. The third-order valence-electron chi connectivity index (χ3n) is 5.09. The molecule has 2 aromatic rings. The molecule has 1 fully saturated rings. The van der Waals surface area contributed by atoms with Crippen LogP contribution in [0.2, 0.25) is 0 Å². The van der Waals surface area contributed by atoms with Crippen molar-refractivity contribution in [3.63, 3.8) is 0 Å². The largest absolute Gasteiger partial charge is 0.490 e. The second kappa shape index (κ2) is 8.78. The summed E-state index contributed by atoms with van der Waals surface area (Å²) in [6, 6.07) is 16.3. The van der Waals surface area contributed by atoms with E-state index in [-0.39, 0.29) is 11.2 Å². The molecule has 1 atom stereocenters. The van der Waals surface area contributed by atoms with Crippen molar-refractivity contribution in [3.05, 3.63) is 48.5 Å². The van der Waals surface area contributed by atoms with Gasteiger partial charge in [0, 0.05) is 43.2 Å². The molecule has 2 aliphatic rings. The number of ether oxygens (including phenoxy) is 2. The number of carbonyl (C=O) groups excluding carboxylic acids is 1. The number of hydrogen-bond acceptors (Lipinski definition) is 5. The van der Waals surface area contributed by atoms with E-state index in [9.17, 15) is 4.79 Å². The van der Waals surface area contributed by atoms with Crippen molar-refractivity contribution in [2.45, 2.75) is 23.5 Å². The van der Waals surface area contributed by atoms with E-state index in [0.29, 0.717) is 13.2 Å². The van der Waals surface area contributed by atoms with E-state index in [1.54, 1.807) is 11.8 Å². The Morgan fingerprint density at radius 1 is 0.964 bits per heavy atom. The fourth-order valence-electron chi connectivity index (χ4n) is 3.55. The fourth-order valence-corrected chi connectivity index (χ4v) is 4.53. The Morgan fingerprint density at radius 2 is 1.68 bits per heavy atom. The molecule has 28 heavy (non-hydrogen) atoms. The summed E-state index contributed by atoms with van der Waals surface area (Å²) < 4.78 is 11.4. The maximum Gasteiger partial charge on any atom is 0.235 e. The summed E-state index contributed by atoms with van der Waals surface area (Å²) in [5.41, 5.74) is 1.23. The number of hydrogen-bond donors (Lipinski definition) is 0. The lowest BCUT2D eigenvalue weighted by molar-refractivity contribution is -0.130. The van der Waals surface area contributed by atoms with Gasteiger partial charge < -0.3 is 19.3 Å². The van der Waals surface area contributed by atoms with Gasteiger partial charge in [0.1, 0.15) is 0 Å². The molecular formula is C22H26N2O3S. The van der Waals surface area contributed by atoms with Crippen LogP contribution >= 0.6 is 11.8 Å². The van der Waals surface area contributed by atoms with Crippen molar-refractivity contribution >= 4 is 23.4 Å². The van der Waals surface area contributed by atoms with Crippen LogP contribution in [0.4, 0.5) is 5.69 Å². The Labute approximate surface area is 170 Å². The lowest BCUT2D eigenvalue weighted by Crippen LogP contribution is -2.50. The summed E-state index contributed by atoms with van der Waals surface area (Å²) in [5, 5.41) is -0.131. The maximum atomic E-state index is 12.9. The highest BCUT2D eigenvalue weighted by molar-refractivity contribution is 8.00. The molecule has 1 saturated heterocycles. The summed E-state index contributed by atoms with van der Waals surface area (Å²) in [6.07, 6.45) is 0.890. The van der Waals surface area contributed by atoms with E-state index in [2.05, 4.69) is 29.2 Å². The topological polar surface area (TPSA) is 42.0 Å². The highest BCUT2D eigenvalue weighted by Crippen LogP contribution is 2.35. The van der Waals surface area contributed by atoms with Crippen LogP contribution in [0.1, 0.15) is 13.3 Å². The highest BCUT2D eigenvalue weighted by atomic mass is 32.2. The normalized spacial score (nSPS) is 17.8. The fraction of sp³-hybridized carbons (Fsp3) is 0.409. The number of thioether (sulfide) groups is 1. The molecule has 0 spiro atoms. The number of piperazine rings is 1. The molecular weight excluding hydrogens is 372 g/mol. The van der Waals surface area contributed by atoms with Gasteiger partial charge in [0.15, 0.2) is 11.5 Å². The molecule has 4 rings (SSSR count). The first-order valence-electron chi connectivity index (χ1n) is 9.86. The molecule has 0 aliphatic carbocycles. The lowest BCUT2D eigenvalue weighted by Gasteiger charge is -2.37. The van der Waals surface area contributed by atoms with Gasteiger partial charge in [0.25, 0.3) is 0 Å². The molecule has 148 valence electrons. The average Bonchev–Trinajstić information content (AvgIpc) is 2.99. The van der Waals surface area contributed by atoms with Gasteiger partial charge in [-0.2, -0.15) is 0 Å². The van der Waals surface area contributed by atoms with Gasteiger partial charge in [-0.05, 0) is 37.3 Å². The van der Waals surface area contributed by atoms with Crippen molar-refractivity contribution in [1.82, 2.24) is 4.90 Å². The molecule has 5 nitrogen and oxygen atoms in total. The zero-order chi connectivity index (χ0) is 19.3. The third kappa shape index (κ3) is 4.38. The van der Waals surface area contributed by atoms with Crippen molar-refractivity contribution in [3.8, 4) is 11.5 Å². The van der Waals surface area contributed by atoms with Crippen molar-refractivity contribution in [2.24, 2.45) is 0 Å². The number of benzene rings is 2. The van der Waals surface area contributed by atoms with Crippen molar-refractivity contribution in [1.29, 1.82) is 0 Å². The Kier molecular flexibility index (Phi) is 5.95. The number of carbonyl (C=O) groups is 1. The number of nitrogens with zero attached hydrogens (tertiary/aromatic N) is 2. The van der Waals surface area contributed by atoms with E-state index in [0.717, 1.165) is 49.0 Å². The first-order chi connectivity index (χ1) is 13.7. The number of para-hydroxylation sites is 1. The summed E-state index contributed by atoms with van der Waals surface area (Å²) >= 11 is 1.58. The van der Waals surface area contributed by atoms with Gasteiger partial charge in [-0.1, -0.05) is 18.2 Å². The molecule has 0 bridgehead atoms. The van der Waals surface area contributed by atoms with Gasteiger partial charge >= 0.3 is 0 Å². The Balaban J connectivity index is 1.33. The van der Waals surface area contributed by atoms with Crippen LogP contribution in [0.15, 0.2) is 53.4 Å². The molecule has 1 amide bonds. The van der Waals surface area contributed by atoms with E-state index in [4.69, 9.17) is 9.47 Å². The Morgan fingerprint density at radius 3 is 2.43 bits per heavy atom. The monoisotopic (exact) mass is 398 g/mol. The predicted molar refractivity (Wildman–Crippen MR) is 113 cm³/mol. The van der Waals surface area contributed by atoms with Crippen LogP contribution in [-0.2, 0) is 4.79 Å². The molecule has 0 aromatic heterocycles. The van der Waals surface area contributed by atoms with Gasteiger partial charge in [-0.3, -0.25) is 4.79 Å². The summed E-state index contributed by atoms with van der Waals surface area (Å²) in [7, 11) is 0. The Hall–Kier alpha value is -2.34. The number of amides is 1. The van der Waals surface area contributed by atoms with Gasteiger partial charge in [0.05, 0.1) is 18.5 Å². The van der Waals surface area contributed by atoms with E-state index < -0.39 is 0 Å². The van der Waals surface area contributed by atoms with Crippen molar-refractivity contribution in [2.75, 3.05) is 44.3 Å². The van der Waals surface area contributed by atoms with E-state index in [1.165, 1.54) is 5.69 Å². The molecule has 0 radical (unpaired) electrons. The second-order valence-corrected chi connectivity index (χ2v) is 8.48. The van der Waals surface area contributed by atoms with Crippen LogP contribution < -0.4 is 14.4 Å². The Bertz CT molecular complexity index is 807. The second-order valence-electron chi connectivity index (χ2n) is 7.07. The molecule has 2 aliphatic heterocycles. The van der Waals surface area contributed by atoms with Crippen LogP contribution in [0, 0.1) is 0 Å². The van der Waals surface area contributed by atoms with Crippen molar-refractivity contribution < 1.29 is 14.3 Å². The summed E-state index contributed by atoms with van der Waals surface area (Å²) in [5.74, 6) is 1.77. The van der Waals surface area contributed by atoms with Crippen LogP contribution in [-0.4, -0.2) is 55.4 Å². The standard InChI is InChI=1S/C22H26N2O3S/c1-17(28-19-8-9-20-21(16-19)27-15-5-14-26-20)22(25)24-12-10-23(11-13-24)18-6-3-2-4-7-18/h2-4,6-9,16-17H,5,10-15H2,1H3/t17-/m0/s1. The maximum absolute atomic E-state index is 12.9. The quantitative estimate of drug-likeness (QED) is 0.735. The molecule has 6 heteroatoms. The van der Waals surface area contributed by atoms with E-state index >= 15 is 0 Å². The molecule has 0 unspecified atom stereocenters. The SMILES string of the molecule is C[C@H](Sc1ccc2c(c1)OCCCO2)C(=O)N1CCN(c2ccccc2)CC1. The third-order valence-corrected chi connectivity index (χ3v) is 6.17. The number of rotatable bonds is 4. The van der Waals surface area contributed by atoms with Gasteiger partial charge in [-0.15, -0.1) is 11.8 Å². The number of anilines is 1. The lowest BCUT2D eigenvalue weighted by atomic mass is 10.2. The molecule has 0 saturated carbocycles. The van der Waals surface area contributed by atoms with Gasteiger partial charge in [0.2, 0.25) is 5.91 Å². The van der Waals surface area contributed by atoms with Crippen LogP contribution in [0.5, 0.6) is 11.5 Å². The summed E-state index contributed by atoms with van der Waals surface area (Å²) in [4.78, 5) is 18.3. The zero-order valence-corrected chi connectivity index (χ0v) is 17.0. The van der Waals surface area contributed by atoms with Crippen LogP contribution in [0.25, 0.3) is 0 Å². The molecule has 2 aromatic carbocycles. The predicted octanol–water partition coefficient (Wildman–Crippen LogP) is 3.68. The molecule has 2 heterocycles. The highest BCUT2D eigenvalue weighted by Gasteiger charge is 2.26. The summed E-state index contributed by atoms with van der Waals surface area (Å²) in [6.45, 7) is 6.61. The first-order valence-corrected chi connectivity index (χ1v) is 10.7. The average molecular weight is 399 g/mol. The minimum Gasteiger partial charge on any atom is -0.490 e. The number of fused-ring (bicyclic) bond motifs is 1. The molecule has 0 N–H and O–H groups in total. The first kappa shape index (κ1) is 19.0. The smallest absolute Gasteiger partial charge is 0.235 e. The zero-order valence-electron chi connectivity index (χ0n) is 16.2. The van der Waals surface area contributed by atoms with Crippen LogP contribution in [0.3, 0.4) is 0 Å². The van der Waals surface area contributed by atoms with E-state index in [1.807, 2.05) is 36.1 Å². The van der Waals surface area contributed by atoms with Gasteiger partial charge in [-0.25, -0.2) is 0 Å².